The summed E-state index contributed by atoms with van der Waals surface area (Å²) in [5.41, 5.74) is 1.85. The summed E-state index contributed by atoms with van der Waals surface area (Å²) in [5, 5.41) is 5.83. The molecule has 0 radical (unpaired) electrons. The minimum Gasteiger partial charge on any atom is -0.332 e. The standard InChI is InChI=1S/C14H18N4O2S/c1-2-3-4-5-12(19)18-14(21)15-9-6-7-10-11(8-9)17-13(20)16-10/h6-8H,2-5H2,1H3,(H2,16,17,20)(H2,15,18,19,21). The first-order chi connectivity index (χ1) is 10.1. The minimum atomic E-state index is -0.256. The zero-order valence-corrected chi connectivity index (χ0v) is 12.6. The third-order valence-electron chi connectivity index (χ3n) is 3.03. The van der Waals surface area contributed by atoms with Crippen LogP contribution in [-0.4, -0.2) is 21.0 Å². The summed E-state index contributed by atoms with van der Waals surface area (Å²) in [7, 11) is 0. The Labute approximate surface area is 127 Å². The van der Waals surface area contributed by atoms with Crippen LogP contribution in [0.25, 0.3) is 11.0 Å². The van der Waals surface area contributed by atoms with Gasteiger partial charge in [-0.2, -0.15) is 0 Å². The van der Waals surface area contributed by atoms with Crippen LogP contribution in [0.5, 0.6) is 0 Å². The van der Waals surface area contributed by atoms with Gasteiger partial charge in [0.2, 0.25) is 5.91 Å². The normalized spacial score (nSPS) is 10.5. The highest BCUT2D eigenvalue weighted by molar-refractivity contribution is 7.80. The highest BCUT2D eigenvalue weighted by Gasteiger charge is 2.05. The number of benzene rings is 1. The van der Waals surface area contributed by atoms with E-state index in [2.05, 4.69) is 27.5 Å². The number of aromatic nitrogens is 2. The summed E-state index contributed by atoms with van der Waals surface area (Å²) >= 11 is 5.10. The number of aromatic amines is 2. The predicted octanol–water partition coefficient (Wildman–Crippen LogP) is 2.25. The summed E-state index contributed by atoms with van der Waals surface area (Å²) in [6, 6.07) is 5.30. The van der Waals surface area contributed by atoms with Gasteiger partial charge in [-0.25, -0.2) is 4.79 Å². The molecule has 1 aromatic heterocycles. The van der Waals surface area contributed by atoms with Crippen molar-refractivity contribution in [1.29, 1.82) is 0 Å². The van der Waals surface area contributed by atoms with E-state index in [1.54, 1.807) is 18.2 Å². The SMILES string of the molecule is CCCCCC(=O)NC(=S)Nc1ccc2[nH]c(=O)[nH]c2c1. The fraction of sp³-hybridized carbons (Fsp3) is 0.357. The number of thiocarbonyl (C=S) groups is 1. The summed E-state index contributed by atoms with van der Waals surface area (Å²) < 4.78 is 0. The topological polar surface area (TPSA) is 89.8 Å². The van der Waals surface area contributed by atoms with Crippen LogP contribution in [0.1, 0.15) is 32.6 Å². The molecule has 0 saturated carbocycles. The number of H-pyrrole nitrogens is 2. The number of unbranched alkanes of at least 4 members (excludes halogenated alkanes) is 2. The molecule has 0 unspecified atom stereocenters. The zero-order chi connectivity index (χ0) is 15.2. The lowest BCUT2D eigenvalue weighted by molar-refractivity contribution is -0.119. The molecule has 0 saturated heterocycles. The van der Waals surface area contributed by atoms with Crippen LogP contribution >= 0.6 is 12.2 Å². The molecule has 112 valence electrons. The summed E-state index contributed by atoms with van der Waals surface area (Å²) in [5.74, 6) is -0.0860. The summed E-state index contributed by atoms with van der Waals surface area (Å²) in [4.78, 5) is 28.1. The molecule has 0 aliphatic heterocycles. The Morgan fingerprint density at radius 1 is 1.24 bits per heavy atom. The Morgan fingerprint density at radius 2 is 2.00 bits per heavy atom. The van der Waals surface area contributed by atoms with Gasteiger partial charge in [0.05, 0.1) is 11.0 Å². The minimum absolute atomic E-state index is 0.0860. The summed E-state index contributed by atoms with van der Waals surface area (Å²) in [6.07, 6.45) is 3.44. The molecule has 21 heavy (non-hydrogen) atoms. The van der Waals surface area contributed by atoms with Crippen molar-refractivity contribution in [3.05, 3.63) is 28.7 Å². The Kier molecular flexibility index (Phi) is 5.10. The van der Waals surface area contributed by atoms with E-state index >= 15 is 0 Å². The van der Waals surface area contributed by atoms with Crippen molar-refractivity contribution in [2.75, 3.05) is 5.32 Å². The highest BCUT2D eigenvalue weighted by atomic mass is 32.1. The Bertz CT molecular complexity index is 704. The molecule has 7 heteroatoms. The number of carbonyl (C=O) groups excluding carboxylic acids is 1. The molecule has 0 spiro atoms. The number of anilines is 1. The average Bonchev–Trinajstić information content (AvgIpc) is 2.78. The zero-order valence-electron chi connectivity index (χ0n) is 11.8. The van der Waals surface area contributed by atoms with Crippen LogP contribution in [0.4, 0.5) is 5.69 Å². The van der Waals surface area contributed by atoms with Gasteiger partial charge in [-0.3, -0.25) is 4.79 Å². The summed E-state index contributed by atoms with van der Waals surface area (Å²) in [6.45, 7) is 2.09. The van der Waals surface area contributed by atoms with E-state index in [1.807, 2.05) is 0 Å². The van der Waals surface area contributed by atoms with E-state index in [9.17, 15) is 9.59 Å². The second kappa shape index (κ2) is 7.03. The van der Waals surface area contributed by atoms with E-state index in [0.29, 0.717) is 17.6 Å². The lowest BCUT2D eigenvalue weighted by Crippen LogP contribution is -2.33. The van der Waals surface area contributed by atoms with E-state index in [-0.39, 0.29) is 16.7 Å². The van der Waals surface area contributed by atoms with Crippen molar-refractivity contribution in [3.63, 3.8) is 0 Å². The number of hydrogen-bond donors (Lipinski definition) is 4. The lowest BCUT2D eigenvalue weighted by atomic mass is 10.2. The monoisotopic (exact) mass is 306 g/mol. The van der Waals surface area contributed by atoms with Crippen LogP contribution in [0.2, 0.25) is 0 Å². The third kappa shape index (κ3) is 4.42. The Balaban J connectivity index is 1.91. The van der Waals surface area contributed by atoms with Gasteiger partial charge in [-0.05, 0) is 36.8 Å². The second-order valence-electron chi connectivity index (χ2n) is 4.80. The van der Waals surface area contributed by atoms with Crippen LogP contribution in [0, 0.1) is 0 Å². The highest BCUT2D eigenvalue weighted by Crippen LogP contribution is 2.14. The van der Waals surface area contributed by atoms with Gasteiger partial charge in [0, 0.05) is 12.1 Å². The third-order valence-corrected chi connectivity index (χ3v) is 3.24. The molecular formula is C14H18N4O2S. The number of carbonyl (C=O) groups is 1. The number of amides is 1. The Morgan fingerprint density at radius 3 is 2.76 bits per heavy atom. The molecule has 0 bridgehead atoms. The maximum absolute atomic E-state index is 11.6. The van der Waals surface area contributed by atoms with Crippen molar-refractivity contribution in [2.45, 2.75) is 32.6 Å². The number of fused-ring (bicyclic) bond motifs is 1. The maximum atomic E-state index is 11.6. The van der Waals surface area contributed by atoms with Gasteiger partial charge in [0.1, 0.15) is 0 Å². The number of imidazole rings is 1. The first-order valence-electron chi connectivity index (χ1n) is 6.91. The lowest BCUT2D eigenvalue weighted by Gasteiger charge is -2.09. The smallest absolute Gasteiger partial charge is 0.323 e. The van der Waals surface area contributed by atoms with Crippen LogP contribution in [0.3, 0.4) is 0 Å². The fourth-order valence-electron chi connectivity index (χ4n) is 2.00. The molecule has 6 nitrogen and oxygen atoms in total. The largest absolute Gasteiger partial charge is 0.332 e. The van der Waals surface area contributed by atoms with Gasteiger partial charge >= 0.3 is 5.69 Å². The second-order valence-corrected chi connectivity index (χ2v) is 5.21. The van der Waals surface area contributed by atoms with Gasteiger partial charge in [0.25, 0.3) is 0 Å². The van der Waals surface area contributed by atoms with Crippen molar-refractivity contribution in [3.8, 4) is 0 Å². The van der Waals surface area contributed by atoms with Crippen LogP contribution in [0.15, 0.2) is 23.0 Å². The molecule has 4 N–H and O–H groups in total. The molecule has 1 amide bonds. The Hall–Kier alpha value is -2.15. The van der Waals surface area contributed by atoms with E-state index in [4.69, 9.17) is 12.2 Å². The van der Waals surface area contributed by atoms with Gasteiger partial charge in [-0.1, -0.05) is 19.8 Å². The van der Waals surface area contributed by atoms with Gasteiger partial charge < -0.3 is 20.6 Å². The maximum Gasteiger partial charge on any atom is 0.323 e. The molecule has 2 rings (SSSR count). The molecular weight excluding hydrogens is 288 g/mol. The average molecular weight is 306 g/mol. The van der Waals surface area contributed by atoms with Crippen molar-refractivity contribution in [2.24, 2.45) is 0 Å². The molecule has 0 fully saturated rings. The molecule has 1 heterocycles. The number of nitrogens with one attached hydrogen (secondary N) is 4. The van der Waals surface area contributed by atoms with Gasteiger partial charge in [0.15, 0.2) is 5.11 Å². The van der Waals surface area contributed by atoms with E-state index in [1.165, 1.54) is 0 Å². The molecule has 2 aromatic rings. The van der Waals surface area contributed by atoms with Crippen molar-refractivity contribution < 1.29 is 4.79 Å². The molecule has 0 atom stereocenters. The molecule has 1 aromatic carbocycles. The number of rotatable bonds is 5. The molecule has 0 aliphatic carbocycles. The van der Waals surface area contributed by atoms with Gasteiger partial charge in [-0.15, -0.1) is 0 Å². The number of hydrogen-bond acceptors (Lipinski definition) is 3. The van der Waals surface area contributed by atoms with Crippen LogP contribution < -0.4 is 16.3 Å². The van der Waals surface area contributed by atoms with Crippen molar-refractivity contribution in [1.82, 2.24) is 15.3 Å². The fourth-order valence-corrected chi connectivity index (χ4v) is 2.23. The first kappa shape index (κ1) is 15.2. The van der Waals surface area contributed by atoms with Crippen molar-refractivity contribution >= 4 is 40.0 Å². The first-order valence-corrected chi connectivity index (χ1v) is 7.32. The molecule has 0 aliphatic rings. The quantitative estimate of drug-likeness (QED) is 0.504. The predicted molar refractivity (Wildman–Crippen MR) is 87.4 cm³/mol. The van der Waals surface area contributed by atoms with E-state index in [0.717, 1.165) is 24.8 Å². The van der Waals surface area contributed by atoms with E-state index < -0.39 is 0 Å². The van der Waals surface area contributed by atoms with Crippen LogP contribution in [-0.2, 0) is 4.79 Å².